The Hall–Kier alpha value is -3.93. The molecule has 32 heavy (non-hydrogen) atoms. The van der Waals surface area contributed by atoms with Crippen LogP contribution in [0, 0.1) is 11.3 Å². The molecule has 1 aromatic carbocycles. The lowest BCUT2D eigenvalue weighted by Crippen LogP contribution is -2.57. The number of H-pyrrole nitrogens is 1. The Morgan fingerprint density at radius 3 is 2.84 bits per heavy atom. The number of fused-ring (bicyclic) bond motifs is 1. The Balaban J connectivity index is 1.36. The van der Waals surface area contributed by atoms with Gasteiger partial charge in [-0.3, -0.25) is 4.79 Å². The molecule has 1 saturated heterocycles. The number of aromatic nitrogens is 3. The van der Waals surface area contributed by atoms with Gasteiger partial charge in [-0.15, -0.1) is 0 Å². The number of aromatic amines is 1. The first-order chi connectivity index (χ1) is 15.5. The minimum atomic E-state index is -0.455. The van der Waals surface area contributed by atoms with Crippen molar-refractivity contribution in [2.45, 2.75) is 24.8 Å². The topological polar surface area (TPSA) is 115 Å². The van der Waals surface area contributed by atoms with Crippen LogP contribution in [0.4, 0.5) is 5.82 Å². The lowest BCUT2D eigenvalue weighted by Gasteiger charge is -2.43. The van der Waals surface area contributed by atoms with Gasteiger partial charge in [0.15, 0.2) is 0 Å². The number of methoxy groups -OCH3 is 1. The van der Waals surface area contributed by atoms with Gasteiger partial charge in [0.05, 0.1) is 36.1 Å². The second kappa shape index (κ2) is 7.64. The van der Waals surface area contributed by atoms with Gasteiger partial charge in [0, 0.05) is 19.6 Å². The highest BCUT2D eigenvalue weighted by Crippen LogP contribution is 2.45. The van der Waals surface area contributed by atoms with Crippen LogP contribution in [0.2, 0.25) is 0 Å². The summed E-state index contributed by atoms with van der Waals surface area (Å²) in [6, 6.07) is 11.1. The summed E-state index contributed by atoms with van der Waals surface area (Å²) in [7, 11) is 1.34. The number of rotatable bonds is 4. The summed E-state index contributed by atoms with van der Waals surface area (Å²) in [5.41, 5.74) is 2.13. The number of hydrogen-bond donors (Lipinski definition) is 1. The Morgan fingerprint density at radius 1 is 1.25 bits per heavy atom. The van der Waals surface area contributed by atoms with E-state index in [1.54, 1.807) is 18.2 Å². The van der Waals surface area contributed by atoms with Crippen molar-refractivity contribution < 1.29 is 14.3 Å². The molecule has 0 bridgehead atoms. The van der Waals surface area contributed by atoms with Crippen LogP contribution < -0.4 is 4.90 Å². The van der Waals surface area contributed by atoms with Gasteiger partial charge in [0.2, 0.25) is 5.91 Å². The zero-order valence-corrected chi connectivity index (χ0v) is 17.7. The second-order valence-corrected chi connectivity index (χ2v) is 8.31. The van der Waals surface area contributed by atoms with Crippen molar-refractivity contribution >= 4 is 28.7 Å². The van der Waals surface area contributed by atoms with Crippen molar-refractivity contribution in [3.8, 4) is 6.07 Å². The van der Waals surface area contributed by atoms with Crippen LogP contribution >= 0.6 is 0 Å². The highest BCUT2D eigenvalue weighted by molar-refractivity contribution is 5.97. The molecule has 9 heteroatoms. The number of nitrogens with one attached hydrogen (secondary N) is 1. The normalized spacial score (nSPS) is 16.8. The summed E-state index contributed by atoms with van der Waals surface area (Å²) in [6.07, 6.45) is 3.66. The monoisotopic (exact) mass is 430 g/mol. The summed E-state index contributed by atoms with van der Waals surface area (Å²) in [4.78, 5) is 40.9. The van der Waals surface area contributed by atoms with E-state index >= 15 is 0 Å². The van der Waals surface area contributed by atoms with Crippen molar-refractivity contribution in [1.29, 1.82) is 5.26 Å². The van der Waals surface area contributed by atoms with Gasteiger partial charge in [0.25, 0.3) is 0 Å². The molecule has 1 aliphatic carbocycles. The van der Waals surface area contributed by atoms with Crippen molar-refractivity contribution in [1.82, 2.24) is 19.9 Å². The molecule has 9 nitrogen and oxygen atoms in total. The van der Waals surface area contributed by atoms with Crippen LogP contribution in [-0.2, 0) is 16.0 Å². The number of anilines is 1. The fraction of sp³-hybridized carbons (Fsp3) is 0.348. The molecule has 1 aliphatic heterocycles. The zero-order chi connectivity index (χ0) is 22.3. The first-order valence-electron chi connectivity index (χ1n) is 10.5. The van der Waals surface area contributed by atoms with Crippen molar-refractivity contribution in [2.75, 3.05) is 31.6 Å². The van der Waals surface area contributed by atoms with Crippen LogP contribution in [0.1, 0.15) is 34.5 Å². The number of hydrogen-bond acceptors (Lipinski definition) is 7. The van der Waals surface area contributed by atoms with Crippen molar-refractivity contribution in [3.05, 3.63) is 53.5 Å². The Labute approximate surface area is 184 Å². The first-order valence-corrected chi connectivity index (χ1v) is 10.5. The van der Waals surface area contributed by atoms with Gasteiger partial charge in [0.1, 0.15) is 23.5 Å². The van der Waals surface area contributed by atoms with E-state index in [1.165, 1.54) is 13.4 Å². The van der Waals surface area contributed by atoms with Gasteiger partial charge in [-0.05, 0) is 36.6 Å². The van der Waals surface area contributed by atoms with E-state index in [9.17, 15) is 9.59 Å². The number of nitrogens with zero attached hydrogens (tertiary/aromatic N) is 5. The minimum absolute atomic E-state index is 0.0831. The number of nitriles is 1. The number of carbonyl (C=O) groups is 2. The summed E-state index contributed by atoms with van der Waals surface area (Å²) < 4.78 is 4.80. The zero-order valence-electron chi connectivity index (χ0n) is 17.7. The van der Waals surface area contributed by atoms with Crippen molar-refractivity contribution in [2.24, 2.45) is 0 Å². The van der Waals surface area contributed by atoms with Gasteiger partial charge >= 0.3 is 5.97 Å². The number of piperazine rings is 1. The number of carbonyl (C=O) groups excluding carboxylic acids is 2. The highest BCUT2D eigenvalue weighted by atomic mass is 16.5. The maximum absolute atomic E-state index is 13.1. The van der Waals surface area contributed by atoms with E-state index < -0.39 is 5.97 Å². The highest BCUT2D eigenvalue weighted by Gasteiger charge is 2.53. The molecule has 2 aliphatic rings. The lowest BCUT2D eigenvalue weighted by molar-refractivity contribution is -0.134. The molecule has 1 spiro atoms. The predicted octanol–water partition coefficient (Wildman–Crippen LogP) is 2.04. The largest absolute Gasteiger partial charge is 0.464 e. The maximum atomic E-state index is 13.1. The molecule has 1 saturated carbocycles. The summed E-state index contributed by atoms with van der Waals surface area (Å²) in [5, 5.41) is 9.87. The van der Waals surface area contributed by atoms with Crippen LogP contribution in [0.3, 0.4) is 0 Å². The summed E-state index contributed by atoms with van der Waals surface area (Å²) in [5.74, 6) is 0.379. The SMILES string of the molecule is COC(=O)c1cc2c(N3CCN(C(=O)Cc4cccc(C#N)c4)C4(CC4)C3)ncnc2[nH]1. The van der Waals surface area contributed by atoms with E-state index in [4.69, 9.17) is 10.00 Å². The predicted molar refractivity (Wildman–Crippen MR) is 116 cm³/mol. The Bertz CT molecular complexity index is 1260. The Kier molecular flexibility index (Phi) is 4.78. The molecular formula is C23H22N6O3. The smallest absolute Gasteiger partial charge is 0.354 e. The maximum Gasteiger partial charge on any atom is 0.354 e. The van der Waals surface area contributed by atoms with Gasteiger partial charge in [-0.25, -0.2) is 14.8 Å². The molecule has 1 N–H and O–H groups in total. The quantitative estimate of drug-likeness (QED) is 0.630. The second-order valence-electron chi connectivity index (χ2n) is 8.31. The van der Waals surface area contributed by atoms with Gasteiger partial charge < -0.3 is 19.5 Å². The number of esters is 1. The van der Waals surface area contributed by atoms with Crippen LogP contribution in [-0.4, -0.2) is 64.0 Å². The van der Waals surface area contributed by atoms with Gasteiger partial charge in [-0.2, -0.15) is 5.26 Å². The van der Waals surface area contributed by atoms with Crippen LogP contribution in [0.15, 0.2) is 36.7 Å². The molecule has 162 valence electrons. The average molecular weight is 430 g/mol. The number of amides is 1. The molecule has 3 aromatic rings. The summed E-state index contributed by atoms with van der Waals surface area (Å²) >= 11 is 0. The molecule has 5 rings (SSSR count). The third-order valence-corrected chi connectivity index (χ3v) is 6.30. The van der Waals surface area contributed by atoms with Crippen LogP contribution in [0.5, 0.6) is 0 Å². The fourth-order valence-corrected chi connectivity index (χ4v) is 4.54. The fourth-order valence-electron chi connectivity index (χ4n) is 4.54. The molecule has 0 radical (unpaired) electrons. The summed E-state index contributed by atoms with van der Waals surface area (Å²) in [6.45, 7) is 1.91. The van der Waals surface area contributed by atoms with E-state index in [1.807, 2.05) is 17.0 Å². The molecule has 0 atom stereocenters. The molecule has 1 amide bonds. The van der Waals surface area contributed by atoms with Gasteiger partial charge in [-0.1, -0.05) is 12.1 Å². The third kappa shape index (κ3) is 3.43. The standard InChI is InChI=1S/C23H22N6O3/c1-32-22(31)18-11-17-20(27-18)25-14-26-21(17)28-7-8-29(23(13-28)5-6-23)19(30)10-15-3-2-4-16(9-15)12-24/h2-4,9,11,14H,5-8,10,13H2,1H3,(H,25,26,27). The van der Waals surface area contributed by atoms with E-state index in [2.05, 4.69) is 25.9 Å². The number of ether oxygens (including phenoxy) is 1. The first kappa shape index (κ1) is 20.0. The van der Waals surface area contributed by atoms with Crippen molar-refractivity contribution in [3.63, 3.8) is 0 Å². The van der Waals surface area contributed by atoms with E-state index in [-0.39, 0.29) is 17.9 Å². The molecular weight excluding hydrogens is 408 g/mol. The molecule has 2 fully saturated rings. The minimum Gasteiger partial charge on any atom is -0.464 e. The third-order valence-electron chi connectivity index (χ3n) is 6.30. The lowest BCUT2D eigenvalue weighted by atomic mass is 10.0. The molecule has 2 aromatic heterocycles. The van der Waals surface area contributed by atoms with E-state index in [0.717, 1.165) is 29.6 Å². The average Bonchev–Trinajstić information content (AvgIpc) is 3.42. The molecule has 0 unspecified atom stereocenters. The number of benzene rings is 1. The van der Waals surface area contributed by atoms with Crippen LogP contribution in [0.25, 0.3) is 11.0 Å². The van der Waals surface area contributed by atoms with E-state index in [0.29, 0.717) is 36.5 Å². The Morgan fingerprint density at radius 2 is 2.09 bits per heavy atom. The molecule has 3 heterocycles.